The van der Waals surface area contributed by atoms with Crippen LogP contribution in [0.4, 0.5) is 4.79 Å². The van der Waals surface area contributed by atoms with Gasteiger partial charge in [0.05, 0.1) is 5.41 Å². The van der Waals surface area contributed by atoms with Crippen molar-refractivity contribution in [3.63, 3.8) is 0 Å². The Kier molecular flexibility index (Phi) is 5.12. The molecule has 2 fully saturated rings. The van der Waals surface area contributed by atoms with Crippen LogP contribution in [0.15, 0.2) is 0 Å². The lowest BCUT2D eigenvalue weighted by Crippen LogP contribution is -2.50. The van der Waals surface area contributed by atoms with Crippen LogP contribution < -0.4 is 5.32 Å². The number of carboxylic acid groups (broad SMARTS) is 1. The van der Waals surface area contributed by atoms with Gasteiger partial charge < -0.3 is 15.3 Å². The van der Waals surface area contributed by atoms with Crippen molar-refractivity contribution in [1.29, 1.82) is 0 Å². The van der Waals surface area contributed by atoms with Gasteiger partial charge in [0.15, 0.2) is 0 Å². The number of carboxylic acids is 1. The maximum atomic E-state index is 12.2. The molecule has 2 N–H and O–H groups in total. The minimum Gasteiger partial charge on any atom is -0.481 e. The highest BCUT2D eigenvalue weighted by atomic mass is 16.4. The second-order valence-electron chi connectivity index (χ2n) is 7.13. The third kappa shape index (κ3) is 4.35. The highest BCUT2D eigenvalue weighted by Gasteiger charge is 2.39. The Labute approximate surface area is 127 Å². The number of aliphatic carboxylic acids is 1. The number of nitrogens with zero attached hydrogens (tertiary/aromatic N) is 1. The molecule has 5 heteroatoms. The minimum absolute atomic E-state index is 0.0287. The second kappa shape index (κ2) is 6.67. The van der Waals surface area contributed by atoms with E-state index in [4.69, 9.17) is 0 Å². The van der Waals surface area contributed by atoms with Crippen molar-refractivity contribution in [2.45, 2.75) is 52.4 Å². The third-order valence-electron chi connectivity index (χ3n) is 5.04. The van der Waals surface area contributed by atoms with Crippen molar-refractivity contribution in [2.75, 3.05) is 19.6 Å². The molecule has 1 aliphatic carbocycles. The number of urea groups is 1. The Morgan fingerprint density at radius 3 is 2.62 bits per heavy atom. The van der Waals surface area contributed by atoms with Crippen molar-refractivity contribution in [3.8, 4) is 0 Å². The van der Waals surface area contributed by atoms with E-state index in [0.717, 1.165) is 38.3 Å². The first kappa shape index (κ1) is 16.1. The van der Waals surface area contributed by atoms with Gasteiger partial charge in [-0.3, -0.25) is 4.79 Å². The summed E-state index contributed by atoms with van der Waals surface area (Å²) in [5.74, 6) is 0.151. The van der Waals surface area contributed by atoms with E-state index in [1.807, 2.05) is 0 Å². The van der Waals surface area contributed by atoms with Gasteiger partial charge in [0, 0.05) is 19.6 Å². The van der Waals surface area contributed by atoms with Gasteiger partial charge in [0.25, 0.3) is 0 Å². The standard InChI is InChI=1S/C16H28N2O3/c1-16(2,14(19)20)13-6-4-10-18(11-13)15(21)17-9-3-5-12-7-8-12/h12-13H,3-11H2,1-2H3,(H,17,21)(H,19,20). The fourth-order valence-electron chi connectivity index (χ4n) is 3.03. The van der Waals surface area contributed by atoms with E-state index in [2.05, 4.69) is 5.32 Å². The number of nitrogens with one attached hydrogen (secondary N) is 1. The lowest BCUT2D eigenvalue weighted by molar-refractivity contribution is -0.151. The summed E-state index contributed by atoms with van der Waals surface area (Å²) in [5.41, 5.74) is -0.773. The highest BCUT2D eigenvalue weighted by molar-refractivity contribution is 5.76. The summed E-state index contributed by atoms with van der Waals surface area (Å²) in [7, 11) is 0. The Morgan fingerprint density at radius 2 is 2.00 bits per heavy atom. The zero-order valence-electron chi connectivity index (χ0n) is 13.2. The van der Waals surface area contributed by atoms with E-state index in [9.17, 15) is 14.7 Å². The molecule has 0 aromatic rings. The monoisotopic (exact) mass is 296 g/mol. The van der Waals surface area contributed by atoms with Crippen molar-refractivity contribution >= 4 is 12.0 Å². The maximum Gasteiger partial charge on any atom is 0.317 e. The van der Waals surface area contributed by atoms with Crippen LogP contribution >= 0.6 is 0 Å². The molecule has 2 rings (SSSR count). The van der Waals surface area contributed by atoms with Crippen LogP contribution in [0.2, 0.25) is 0 Å². The van der Waals surface area contributed by atoms with E-state index in [1.165, 1.54) is 19.3 Å². The number of carbonyl (C=O) groups excluding carboxylic acids is 1. The molecule has 120 valence electrons. The lowest BCUT2D eigenvalue weighted by atomic mass is 9.74. The quantitative estimate of drug-likeness (QED) is 0.740. The first-order valence-electron chi connectivity index (χ1n) is 8.17. The molecular weight excluding hydrogens is 268 g/mol. The molecule has 0 aromatic carbocycles. The van der Waals surface area contributed by atoms with Crippen LogP contribution in [-0.2, 0) is 4.79 Å². The van der Waals surface area contributed by atoms with E-state index in [0.29, 0.717) is 6.54 Å². The molecule has 1 saturated carbocycles. The molecule has 0 aromatic heterocycles. The number of hydrogen-bond donors (Lipinski definition) is 2. The number of hydrogen-bond acceptors (Lipinski definition) is 2. The summed E-state index contributed by atoms with van der Waals surface area (Å²) in [5, 5.41) is 12.3. The first-order valence-corrected chi connectivity index (χ1v) is 8.17. The zero-order valence-corrected chi connectivity index (χ0v) is 13.2. The van der Waals surface area contributed by atoms with Crippen LogP contribution in [0.25, 0.3) is 0 Å². The molecular formula is C16H28N2O3. The number of piperidine rings is 1. The van der Waals surface area contributed by atoms with Crippen LogP contribution in [-0.4, -0.2) is 41.6 Å². The molecule has 0 radical (unpaired) electrons. The molecule has 5 nitrogen and oxygen atoms in total. The summed E-state index contributed by atoms with van der Waals surface area (Å²) < 4.78 is 0. The molecule has 1 atom stereocenters. The molecule has 2 aliphatic rings. The fraction of sp³-hybridized carbons (Fsp3) is 0.875. The smallest absolute Gasteiger partial charge is 0.317 e. The summed E-state index contributed by atoms with van der Waals surface area (Å²) >= 11 is 0. The van der Waals surface area contributed by atoms with Crippen LogP contribution in [0.3, 0.4) is 0 Å². The molecule has 1 heterocycles. The average molecular weight is 296 g/mol. The van der Waals surface area contributed by atoms with Crippen molar-refractivity contribution in [2.24, 2.45) is 17.3 Å². The number of likely N-dealkylation sites (tertiary alicyclic amines) is 1. The molecule has 1 saturated heterocycles. The fourth-order valence-corrected chi connectivity index (χ4v) is 3.03. The Morgan fingerprint density at radius 1 is 1.29 bits per heavy atom. The Balaban J connectivity index is 1.76. The number of amides is 2. The predicted molar refractivity (Wildman–Crippen MR) is 81.1 cm³/mol. The van der Waals surface area contributed by atoms with Crippen LogP contribution in [0.5, 0.6) is 0 Å². The van der Waals surface area contributed by atoms with Crippen LogP contribution in [0.1, 0.15) is 52.4 Å². The first-order chi connectivity index (χ1) is 9.91. The molecule has 21 heavy (non-hydrogen) atoms. The summed E-state index contributed by atoms with van der Waals surface area (Å²) in [6, 6.07) is -0.0308. The third-order valence-corrected chi connectivity index (χ3v) is 5.04. The van der Waals surface area contributed by atoms with Gasteiger partial charge in [-0.1, -0.05) is 12.8 Å². The van der Waals surface area contributed by atoms with E-state index >= 15 is 0 Å². The van der Waals surface area contributed by atoms with Gasteiger partial charge in [0.2, 0.25) is 0 Å². The van der Waals surface area contributed by atoms with Gasteiger partial charge in [-0.2, -0.15) is 0 Å². The number of rotatable bonds is 6. The van der Waals surface area contributed by atoms with Gasteiger partial charge in [0.1, 0.15) is 0 Å². The van der Waals surface area contributed by atoms with Crippen molar-refractivity contribution in [1.82, 2.24) is 10.2 Å². The number of carbonyl (C=O) groups is 2. The Bertz CT molecular complexity index is 391. The van der Waals surface area contributed by atoms with Gasteiger partial charge in [-0.05, 0) is 51.4 Å². The highest BCUT2D eigenvalue weighted by Crippen LogP contribution is 2.34. The summed E-state index contributed by atoms with van der Waals surface area (Å²) in [4.78, 5) is 25.3. The topological polar surface area (TPSA) is 69.6 Å². The lowest BCUT2D eigenvalue weighted by Gasteiger charge is -2.39. The molecule has 2 amide bonds. The van der Waals surface area contributed by atoms with Crippen LogP contribution in [0, 0.1) is 17.3 Å². The summed E-state index contributed by atoms with van der Waals surface area (Å²) in [6.45, 7) is 5.54. The largest absolute Gasteiger partial charge is 0.481 e. The van der Waals surface area contributed by atoms with E-state index in [-0.39, 0.29) is 11.9 Å². The van der Waals surface area contributed by atoms with Gasteiger partial charge in [-0.15, -0.1) is 0 Å². The Hall–Kier alpha value is -1.26. The van der Waals surface area contributed by atoms with Crippen molar-refractivity contribution in [3.05, 3.63) is 0 Å². The predicted octanol–water partition coefficient (Wildman–Crippen LogP) is 2.71. The van der Waals surface area contributed by atoms with Gasteiger partial charge in [-0.25, -0.2) is 4.79 Å². The molecule has 0 spiro atoms. The molecule has 0 bridgehead atoms. The SMILES string of the molecule is CC(C)(C(=O)O)C1CCCN(C(=O)NCCCC2CC2)C1. The molecule has 1 unspecified atom stereocenters. The zero-order chi connectivity index (χ0) is 15.5. The normalized spacial score (nSPS) is 23.0. The summed E-state index contributed by atoms with van der Waals surface area (Å²) in [6.07, 6.45) is 6.74. The van der Waals surface area contributed by atoms with E-state index in [1.54, 1.807) is 18.7 Å². The molecule has 1 aliphatic heterocycles. The maximum absolute atomic E-state index is 12.2. The minimum atomic E-state index is -0.779. The van der Waals surface area contributed by atoms with Gasteiger partial charge >= 0.3 is 12.0 Å². The second-order valence-corrected chi connectivity index (χ2v) is 7.13. The van der Waals surface area contributed by atoms with E-state index < -0.39 is 11.4 Å². The van der Waals surface area contributed by atoms with Crippen molar-refractivity contribution < 1.29 is 14.7 Å². The average Bonchev–Trinajstić information content (AvgIpc) is 3.27.